The summed E-state index contributed by atoms with van der Waals surface area (Å²) < 4.78 is 0. The number of unbranched alkanes of at least 4 members (excludes halogenated alkanes) is 1. The lowest BCUT2D eigenvalue weighted by molar-refractivity contribution is -0.143. The molecule has 1 aromatic carbocycles. The molecule has 0 radical (unpaired) electrons. The molecule has 0 bridgehead atoms. The van der Waals surface area contributed by atoms with Crippen molar-refractivity contribution in [2.24, 2.45) is 52.2 Å². The fraction of sp³-hybridized carbons (Fsp3) is 0.620. The minimum atomic E-state index is -1.65. The van der Waals surface area contributed by atoms with Gasteiger partial charge in [-0.1, -0.05) is 78.3 Å². The molecule has 13 atom stereocenters. The van der Waals surface area contributed by atoms with Crippen molar-refractivity contribution in [3.05, 3.63) is 54.1 Å². The molecule has 0 saturated carbocycles. The van der Waals surface area contributed by atoms with Crippen LogP contribution < -0.4 is 109 Å². The first-order valence-electron chi connectivity index (χ1n) is 37.6. The van der Waals surface area contributed by atoms with E-state index in [1.54, 1.807) is 71.9 Å². The maximum Gasteiger partial charge on any atom is 0.326 e. The number of amides is 14. The lowest BCUT2D eigenvalue weighted by atomic mass is 9.96. The first-order valence-corrected chi connectivity index (χ1v) is 38.3. The van der Waals surface area contributed by atoms with Crippen LogP contribution in [0.15, 0.2) is 42.9 Å². The number of rotatable bonds is 57. The van der Waals surface area contributed by atoms with Crippen molar-refractivity contribution in [2.75, 3.05) is 31.9 Å². The van der Waals surface area contributed by atoms with Gasteiger partial charge >= 0.3 is 11.9 Å². The Kier molecular flexibility index (Phi) is 45.9. The molecule has 0 unspecified atom stereocenters. The first-order chi connectivity index (χ1) is 53.8. The number of nitrogens with one attached hydrogen (secondary N) is 17. The Bertz CT molecular complexity index is 3540. The Labute approximate surface area is 666 Å². The zero-order valence-corrected chi connectivity index (χ0v) is 66.1. The number of primary amides is 2. The molecular weight excluding hydrogens is 1510 g/mol. The summed E-state index contributed by atoms with van der Waals surface area (Å²) in [6, 6.07) is -9.39. The SMILES string of the molecule is CC[C@H](C)[C@H](NC(=O)[C@H](Cc1ccccc1)NC(=O)[C@H](CCCNC(=N)N)NC(=O)[C@H](CS)NC(=O)CNC(=O)[C@H](Cc1c[nH]cn1)NC(=O)[C@@H](N)CCC(N)=O)C(=O)N[C@@H](CCC(N)=O)C(=O)N[C@@H](CC(C)C)C(=O)N[C@@H](CCCCN)C(=O)N[C@@H](CC(C)C)C(=O)N[C@@H](CCC(=O)O)C(=O)N[C@@H](CCCNC(=N)N)C(=O)O. The van der Waals surface area contributed by atoms with E-state index < -0.39 is 211 Å². The number of carboxylic acids is 2. The van der Waals surface area contributed by atoms with Crippen LogP contribution in [0.2, 0.25) is 0 Å². The lowest BCUT2D eigenvalue weighted by Gasteiger charge is -2.30. The van der Waals surface area contributed by atoms with Crippen molar-refractivity contribution >= 4 is 119 Å². The third kappa shape index (κ3) is 39.8. The van der Waals surface area contributed by atoms with Gasteiger partial charge in [-0.05, 0) is 107 Å². The number of aromatic amines is 1. The number of nitrogens with zero attached hydrogens (tertiary/aromatic N) is 1. The molecule has 636 valence electrons. The number of aromatic nitrogens is 2. The van der Waals surface area contributed by atoms with E-state index in [0.29, 0.717) is 17.7 Å². The number of benzene rings is 1. The van der Waals surface area contributed by atoms with E-state index >= 15 is 0 Å². The molecule has 2 aromatic rings. The normalized spacial score (nSPS) is 14.5. The molecule has 0 fully saturated rings. The standard InChI is InChI=1S/C71H118N24O18S/c1-7-39(6)57(95-66(109)50(31-40-15-9-8-10-16-40)94-61(104)44(18-13-27-81-70(76)77)87-67(110)52(35-114)85-55(98)34-83-59(102)51(32-41-33-80-36-84-41)91-58(101)42(73)20-23-53(74)96)68(111)89-45(21-24-54(75)97)63(106)93-48(29-37(2)3)64(107)86-43(17-11-12-26-72)60(103)92-49(30-38(4)5)65(108)88-46(22-25-56(99)100)62(105)90-47(69(112)113)19-14-28-82-71(78)79/h8-10,15-16,33,36-39,42-52,57,114H,7,11-14,17-32,34-35,72-73H2,1-6H3,(H2,74,96)(H2,75,97)(H,80,84)(H,83,102)(H,85,98)(H,86,107)(H,87,110)(H,88,108)(H,89,111)(H,90,105)(H,91,101)(H,92,103)(H,93,106)(H,94,104)(H,95,109)(H,99,100)(H,112,113)(H4,76,77,81)(H4,78,79,82)/t39-,42-,43-,44-,45-,46-,47-,48-,49-,50-,51-,52-,57-/m0/s1. The van der Waals surface area contributed by atoms with Crippen LogP contribution in [0, 0.1) is 28.6 Å². The predicted molar refractivity (Wildman–Crippen MR) is 419 cm³/mol. The number of thiol groups is 1. The molecule has 0 aliphatic heterocycles. The molecular formula is C71H118N24O18S. The summed E-state index contributed by atoms with van der Waals surface area (Å²) in [6.07, 6.45) is 0.414. The first kappa shape index (κ1) is 98.8. The van der Waals surface area contributed by atoms with Gasteiger partial charge in [0, 0.05) is 57.1 Å². The summed E-state index contributed by atoms with van der Waals surface area (Å²) in [5.74, 6) is -18.2. The van der Waals surface area contributed by atoms with Crippen LogP contribution in [0.25, 0.3) is 0 Å². The number of H-pyrrole nitrogens is 1. The highest BCUT2D eigenvalue weighted by atomic mass is 32.1. The number of aliphatic carboxylic acids is 2. The minimum Gasteiger partial charge on any atom is -0.481 e. The Morgan fingerprint density at radius 2 is 0.895 bits per heavy atom. The van der Waals surface area contributed by atoms with E-state index in [9.17, 15) is 86.9 Å². The fourth-order valence-corrected chi connectivity index (χ4v) is 11.5. The molecule has 2 rings (SSSR count). The van der Waals surface area contributed by atoms with Crippen LogP contribution in [-0.2, 0) is 89.6 Å². The van der Waals surface area contributed by atoms with Gasteiger partial charge in [0.05, 0.1) is 24.6 Å². The number of imidazole rings is 1. The third-order valence-corrected chi connectivity index (χ3v) is 18.0. The molecule has 0 aliphatic carbocycles. The van der Waals surface area contributed by atoms with Gasteiger partial charge < -0.3 is 124 Å². The molecule has 114 heavy (non-hydrogen) atoms. The maximum atomic E-state index is 14.9. The second kappa shape index (κ2) is 52.9. The summed E-state index contributed by atoms with van der Waals surface area (Å²) in [4.78, 5) is 224. The average molecular weight is 1630 g/mol. The fourth-order valence-electron chi connectivity index (χ4n) is 11.3. The van der Waals surface area contributed by atoms with Crippen LogP contribution in [0.4, 0.5) is 0 Å². The van der Waals surface area contributed by atoms with E-state index in [4.69, 9.17) is 45.2 Å². The molecule has 1 heterocycles. The quantitative estimate of drug-likeness (QED) is 0.0127. The van der Waals surface area contributed by atoms with Gasteiger partial charge in [0.15, 0.2) is 11.9 Å². The number of hydrogen-bond donors (Lipinski definition) is 26. The van der Waals surface area contributed by atoms with Gasteiger partial charge in [-0.2, -0.15) is 12.6 Å². The Morgan fingerprint density at radius 3 is 1.35 bits per heavy atom. The number of nitrogens with two attached hydrogens (primary N) is 6. The average Bonchev–Trinajstić information content (AvgIpc) is 1.19. The van der Waals surface area contributed by atoms with Gasteiger partial charge in [0.1, 0.15) is 66.5 Å². The molecule has 42 nitrogen and oxygen atoms in total. The molecule has 0 aliphatic rings. The zero-order valence-electron chi connectivity index (χ0n) is 65.3. The van der Waals surface area contributed by atoms with E-state index in [1.807, 2.05) is 0 Å². The van der Waals surface area contributed by atoms with E-state index in [-0.39, 0.29) is 127 Å². The van der Waals surface area contributed by atoms with Crippen molar-refractivity contribution in [2.45, 2.75) is 230 Å². The third-order valence-electron chi connectivity index (χ3n) is 17.7. The van der Waals surface area contributed by atoms with Crippen LogP contribution in [0.3, 0.4) is 0 Å². The topological polar surface area (TPSA) is 714 Å². The van der Waals surface area contributed by atoms with Crippen LogP contribution in [0.5, 0.6) is 0 Å². The zero-order chi connectivity index (χ0) is 85.7. The van der Waals surface area contributed by atoms with Crippen molar-refractivity contribution < 1.29 is 86.9 Å². The molecule has 1 aromatic heterocycles. The van der Waals surface area contributed by atoms with Crippen molar-refractivity contribution in [1.29, 1.82) is 10.8 Å². The van der Waals surface area contributed by atoms with Gasteiger partial charge in [-0.25, -0.2) is 9.78 Å². The van der Waals surface area contributed by atoms with E-state index in [0.717, 1.165) is 0 Å². The van der Waals surface area contributed by atoms with E-state index in [2.05, 4.69) is 97.0 Å². The Morgan fingerprint density at radius 1 is 0.474 bits per heavy atom. The summed E-state index contributed by atoms with van der Waals surface area (Å²) in [5.41, 5.74) is 34.2. The second-order valence-electron chi connectivity index (χ2n) is 28.3. The summed E-state index contributed by atoms with van der Waals surface area (Å²) >= 11 is 4.26. The Hall–Kier alpha value is -11.2. The molecule has 0 saturated heterocycles. The maximum absolute atomic E-state index is 14.9. The van der Waals surface area contributed by atoms with Gasteiger partial charge in [0.2, 0.25) is 82.7 Å². The number of carbonyl (C=O) groups excluding carboxylic acids is 14. The van der Waals surface area contributed by atoms with Crippen molar-refractivity contribution in [3.63, 3.8) is 0 Å². The largest absolute Gasteiger partial charge is 0.481 e. The second-order valence-corrected chi connectivity index (χ2v) is 28.7. The molecule has 0 spiro atoms. The number of guanidine groups is 2. The molecule has 31 N–H and O–H groups in total. The van der Waals surface area contributed by atoms with Crippen molar-refractivity contribution in [1.82, 2.24) is 84.4 Å². The number of carbonyl (C=O) groups is 16. The lowest BCUT2D eigenvalue weighted by Crippen LogP contribution is -2.61. The highest BCUT2D eigenvalue weighted by molar-refractivity contribution is 7.80. The minimum absolute atomic E-state index is 0.0193. The highest BCUT2D eigenvalue weighted by Crippen LogP contribution is 2.16. The monoisotopic (exact) mass is 1630 g/mol. The van der Waals surface area contributed by atoms with Crippen LogP contribution in [-0.4, -0.2) is 231 Å². The predicted octanol–water partition coefficient (Wildman–Crippen LogP) is -5.82. The summed E-state index contributed by atoms with van der Waals surface area (Å²) in [5, 5.41) is 70.1. The molecule has 14 amide bonds. The van der Waals surface area contributed by atoms with Gasteiger partial charge in [-0.3, -0.25) is 82.7 Å². The highest BCUT2D eigenvalue weighted by Gasteiger charge is 2.38. The van der Waals surface area contributed by atoms with Crippen LogP contribution >= 0.6 is 12.6 Å². The summed E-state index contributed by atoms with van der Waals surface area (Å²) in [7, 11) is 0. The van der Waals surface area contributed by atoms with Crippen LogP contribution in [0.1, 0.15) is 156 Å². The molecule has 43 heteroatoms. The van der Waals surface area contributed by atoms with Gasteiger partial charge in [0.25, 0.3) is 0 Å². The number of carboxylic acid groups (broad SMARTS) is 2. The Balaban J connectivity index is 2.54. The summed E-state index contributed by atoms with van der Waals surface area (Å²) in [6.45, 7) is 9.69. The van der Waals surface area contributed by atoms with E-state index in [1.165, 1.54) is 12.5 Å². The smallest absolute Gasteiger partial charge is 0.326 e. The number of hydrogen-bond acceptors (Lipinski definition) is 22. The van der Waals surface area contributed by atoms with Gasteiger partial charge in [-0.15, -0.1) is 0 Å². The van der Waals surface area contributed by atoms with Crippen molar-refractivity contribution in [3.8, 4) is 0 Å².